The van der Waals surface area contributed by atoms with Gasteiger partial charge < -0.3 is 25.2 Å². The van der Waals surface area contributed by atoms with Crippen molar-refractivity contribution in [2.45, 2.75) is 13.8 Å². The highest BCUT2D eigenvalue weighted by atomic mass is 32.2. The van der Waals surface area contributed by atoms with E-state index >= 15 is 0 Å². The van der Waals surface area contributed by atoms with Gasteiger partial charge in [0.15, 0.2) is 11.5 Å². The largest absolute Gasteiger partial charge is 0.450 e. The fraction of sp³-hybridized carbons (Fsp3) is 0.296. The molecule has 0 spiro atoms. The third kappa shape index (κ3) is 5.66. The molecule has 0 radical (unpaired) electrons. The molecule has 2 aliphatic rings. The number of aromatic nitrogens is 2. The van der Waals surface area contributed by atoms with Crippen molar-refractivity contribution in [3.8, 4) is 5.75 Å². The zero-order chi connectivity index (χ0) is 27.7. The number of hydrogen-bond donors (Lipinski definition) is 2. The van der Waals surface area contributed by atoms with Gasteiger partial charge in [-0.3, -0.25) is 4.79 Å². The number of benzene rings is 2. The van der Waals surface area contributed by atoms with Gasteiger partial charge in [0.25, 0.3) is 5.91 Å². The number of ether oxygens (including phenoxy) is 1. The number of sulfonamides is 1. The number of fused-ring (bicyclic) bond motifs is 1. The first-order valence-electron chi connectivity index (χ1n) is 12.6. The zero-order valence-corrected chi connectivity index (χ0v) is 23.0. The average molecular weight is 550 g/mol. The number of rotatable bonds is 7. The highest BCUT2D eigenvalue weighted by molar-refractivity contribution is 7.88. The Labute approximate surface area is 228 Å². The van der Waals surface area contributed by atoms with E-state index < -0.39 is 10.0 Å². The van der Waals surface area contributed by atoms with Crippen LogP contribution in [0.15, 0.2) is 61.0 Å². The normalized spacial score (nSPS) is 16.1. The number of nitrogens with zero attached hydrogens (tertiary/aromatic N) is 5. The van der Waals surface area contributed by atoms with Gasteiger partial charge in [-0.25, -0.2) is 13.4 Å². The van der Waals surface area contributed by atoms with Crippen molar-refractivity contribution in [3.63, 3.8) is 0 Å². The summed E-state index contributed by atoms with van der Waals surface area (Å²) in [5.74, 6) is 1.49. The van der Waals surface area contributed by atoms with Crippen molar-refractivity contribution in [2.24, 2.45) is 0 Å². The minimum absolute atomic E-state index is 0.106. The Hall–Kier alpha value is -4.16. The fourth-order valence-corrected chi connectivity index (χ4v) is 5.40. The summed E-state index contributed by atoms with van der Waals surface area (Å²) in [5.41, 5.74) is 4.13. The van der Waals surface area contributed by atoms with Crippen LogP contribution in [-0.2, 0) is 14.8 Å². The molecule has 0 aliphatic carbocycles. The highest BCUT2D eigenvalue weighted by Crippen LogP contribution is 2.37. The first kappa shape index (κ1) is 26.4. The summed E-state index contributed by atoms with van der Waals surface area (Å²) in [6, 6.07) is 13.4. The lowest BCUT2D eigenvalue weighted by atomic mass is 10.2. The van der Waals surface area contributed by atoms with Crippen LogP contribution in [0.3, 0.4) is 0 Å². The first-order chi connectivity index (χ1) is 18.6. The van der Waals surface area contributed by atoms with Crippen LogP contribution in [0.25, 0.3) is 0 Å². The SMILES string of the molecule is C=C1Oc2ccc(Nc3nc(Nc4ccc(N5CCN(S(C)(=O)=O)CC5)cc4)ncc3C)cc2N(CC)C1=O. The molecule has 5 rings (SSSR count). The molecule has 0 saturated carbocycles. The highest BCUT2D eigenvalue weighted by Gasteiger charge is 2.28. The second-order valence-corrected chi connectivity index (χ2v) is 11.4. The van der Waals surface area contributed by atoms with Crippen LogP contribution in [0.5, 0.6) is 5.75 Å². The van der Waals surface area contributed by atoms with Gasteiger partial charge in [0.1, 0.15) is 5.82 Å². The fourth-order valence-electron chi connectivity index (χ4n) is 4.57. The van der Waals surface area contributed by atoms with E-state index in [0.29, 0.717) is 55.9 Å². The van der Waals surface area contributed by atoms with Gasteiger partial charge in [-0.05, 0) is 56.3 Å². The smallest absolute Gasteiger partial charge is 0.293 e. The molecule has 12 heteroatoms. The third-order valence-corrected chi connectivity index (χ3v) is 8.02. The molecule has 1 saturated heterocycles. The van der Waals surface area contributed by atoms with Crippen molar-refractivity contribution >= 4 is 50.4 Å². The molecule has 0 atom stereocenters. The molecule has 204 valence electrons. The number of anilines is 6. The van der Waals surface area contributed by atoms with Crippen molar-refractivity contribution in [1.82, 2.24) is 14.3 Å². The number of nitrogens with one attached hydrogen (secondary N) is 2. The van der Waals surface area contributed by atoms with Crippen molar-refractivity contribution in [1.29, 1.82) is 0 Å². The van der Waals surface area contributed by atoms with Crippen LogP contribution in [0, 0.1) is 6.92 Å². The summed E-state index contributed by atoms with van der Waals surface area (Å²) >= 11 is 0. The lowest BCUT2D eigenvalue weighted by Gasteiger charge is -2.34. The van der Waals surface area contributed by atoms with E-state index in [1.54, 1.807) is 17.2 Å². The van der Waals surface area contributed by atoms with Crippen LogP contribution in [-0.4, -0.2) is 67.6 Å². The minimum atomic E-state index is -3.16. The Morgan fingerprint density at radius 2 is 1.72 bits per heavy atom. The van der Waals surface area contributed by atoms with Gasteiger partial charge in [-0.2, -0.15) is 9.29 Å². The van der Waals surface area contributed by atoms with Crippen LogP contribution < -0.4 is 25.2 Å². The number of hydrogen-bond acceptors (Lipinski definition) is 9. The molecule has 3 heterocycles. The summed E-state index contributed by atoms with van der Waals surface area (Å²) in [6.07, 6.45) is 2.99. The Morgan fingerprint density at radius 3 is 2.38 bits per heavy atom. The molecule has 1 fully saturated rings. The van der Waals surface area contributed by atoms with Gasteiger partial charge >= 0.3 is 0 Å². The van der Waals surface area contributed by atoms with Gasteiger partial charge in [0, 0.05) is 61.5 Å². The summed E-state index contributed by atoms with van der Waals surface area (Å²) in [7, 11) is -3.16. The Bertz CT molecular complexity index is 1520. The first-order valence-corrected chi connectivity index (χ1v) is 14.5. The quantitative estimate of drug-likeness (QED) is 0.426. The topological polar surface area (TPSA) is 120 Å². The molecule has 39 heavy (non-hydrogen) atoms. The number of carbonyl (C=O) groups excluding carboxylic acids is 1. The number of likely N-dealkylation sites (N-methyl/N-ethyl adjacent to an activating group) is 1. The van der Waals surface area contributed by atoms with E-state index in [0.717, 1.165) is 22.6 Å². The maximum absolute atomic E-state index is 12.4. The summed E-state index contributed by atoms with van der Waals surface area (Å²) in [6.45, 7) is 10.2. The number of amides is 1. The average Bonchev–Trinajstić information content (AvgIpc) is 2.92. The zero-order valence-electron chi connectivity index (χ0n) is 22.1. The standard InChI is InChI=1S/C27H31N7O4S/c1-5-34-23-16-21(8-11-24(23)38-19(3)26(34)35)29-25-18(2)17-28-27(31-25)30-20-6-9-22(10-7-20)32-12-14-33(15-13-32)39(4,36)37/h6-11,16-17H,3,5,12-15H2,1-2,4H3,(H2,28,29,30,31). The third-order valence-electron chi connectivity index (χ3n) is 6.71. The monoisotopic (exact) mass is 549 g/mol. The van der Waals surface area contributed by atoms with Crippen molar-refractivity contribution < 1.29 is 17.9 Å². The molecule has 0 unspecified atom stereocenters. The molecule has 2 N–H and O–H groups in total. The molecule has 2 aliphatic heterocycles. The predicted molar refractivity (Wildman–Crippen MR) is 153 cm³/mol. The number of piperazine rings is 1. The molecule has 3 aromatic rings. The van der Waals surface area contributed by atoms with Gasteiger partial charge in [0.2, 0.25) is 16.0 Å². The maximum atomic E-state index is 12.4. The maximum Gasteiger partial charge on any atom is 0.293 e. The van der Waals surface area contributed by atoms with Crippen molar-refractivity contribution in [2.75, 3.05) is 59.4 Å². The Morgan fingerprint density at radius 1 is 1.03 bits per heavy atom. The van der Waals surface area contributed by atoms with Crippen LogP contribution >= 0.6 is 0 Å². The van der Waals surface area contributed by atoms with Crippen LogP contribution in [0.1, 0.15) is 12.5 Å². The minimum Gasteiger partial charge on any atom is -0.450 e. The molecular weight excluding hydrogens is 518 g/mol. The Balaban J connectivity index is 1.27. The number of carbonyl (C=O) groups is 1. The lowest BCUT2D eigenvalue weighted by Crippen LogP contribution is -2.48. The molecule has 0 bridgehead atoms. The van der Waals surface area contributed by atoms with E-state index in [1.165, 1.54) is 10.6 Å². The van der Waals surface area contributed by atoms with Gasteiger partial charge in [-0.1, -0.05) is 6.58 Å². The Kier molecular flexibility index (Phi) is 7.15. The summed E-state index contributed by atoms with van der Waals surface area (Å²) < 4.78 is 30.6. The predicted octanol–water partition coefficient (Wildman–Crippen LogP) is 3.61. The number of aryl methyl sites for hydroxylation is 1. The van der Waals surface area contributed by atoms with E-state index in [9.17, 15) is 13.2 Å². The summed E-state index contributed by atoms with van der Waals surface area (Å²) in [4.78, 5) is 25.3. The molecule has 1 amide bonds. The van der Waals surface area contributed by atoms with Crippen LogP contribution in [0.4, 0.5) is 34.5 Å². The molecular formula is C27H31N7O4S. The van der Waals surface area contributed by atoms with E-state index in [-0.39, 0.29) is 11.7 Å². The van der Waals surface area contributed by atoms with Gasteiger partial charge in [0.05, 0.1) is 11.9 Å². The lowest BCUT2D eigenvalue weighted by molar-refractivity contribution is -0.117. The second kappa shape index (κ2) is 10.5. The summed E-state index contributed by atoms with van der Waals surface area (Å²) in [5, 5.41) is 6.57. The molecule has 11 nitrogen and oxygen atoms in total. The second-order valence-electron chi connectivity index (χ2n) is 9.43. The van der Waals surface area contributed by atoms with E-state index in [4.69, 9.17) is 4.74 Å². The van der Waals surface area contributed by atoms with E-state index in [2.05, 4.69) is 32.1 Å². The molecule has 2 aromatic carbocycles. The molecule has 1 aromatic heterocycles. The van der Waals surface area contributed by atoms with Crippen LogP contribution in [0.2, 0.25) is 0 Å². The van der Waals surface area contributed by atoms with Gasteiger partial charge in [-0.15, -0.1) is 0 Å². The van der Waals surface area contributed by atoms with E-state index in [1.807, 2.05) is 50.2 Å². The van der Waals surface area contributed by atoms with Crippen molar-refractivity contribution in [3.05, 3.63) is 66.6 Å².